The maximum Gasteiger partial charge on any atom is 0.326 e. The Hall–Kier alpha value is -2.41. The first-order chi connectivity index (χ1) is 11.3. The van der Waals surface area contributed by atoms with Crippen molar-refractivity contribution in [2.75, 3.05) is 10.6 Å². The van der Waals surface area contributed by atoms with E-state index in [2.05, 4.69) is 25.6 Å². The highest BCUT2D eigenvalue weighted by molar-refractivity contribution is 6.28. The van der Waals surface area contributed by atoms with Crippen molar-refractivity contribution < 1.29 is 9.90 Å². The Kier molecular flexibility index (Phi) is 5.92. The molecule has 0 aliphatic rings. The number of hydrogen-bond donors (Lipinski definition) is 3. The molecule has 0 spiro atoms. The third-order valence-corrected chi connectivity index (χ3v) is 3.36. The van der Waals surface area contributed by atoms with Crippen LogP contribution in [0.15, 0.2) is 24.3 Å². The number of halogens is 1. The van der Waals surface area contributed by atoms with Crippen LogP contribution < -0.4 is 10.6 Å². The van der Waals surface area contributed by atoms with E-state index in [0.29, 0.717) is 6.42 Å². The largest absolute Gasteiger partial charge is 0.480 e. The molecule has 0 saturated heterocycles. The van der Waals surface area contributed by atoms with Crippen LogP contribution >= 0.6 is 11.6 Å². The monoisotopic (exact) mass is 349 g/mol. The lowest BCUT2D eigenvalue weighted by molar-refractivity contribution is -0.138. The second-order valence-electron chi connectivity index (χ2n) is 5.91. The molecule has 0 saturated carbocycles. The Morgan fingerprint density at radius 1 is 1.25 bits per heavy atom. The maximum atomic E-state index is 11.4. The summed E-state index contributed by atoms with van der Waals surface area (Å²) in [5.41, 5.74) is 1.89. The SMILES string of the molecule is Cc1cccc(Nc2nc(Cl)nc(NC(CC(C)C)C(=O)O)n2)c1. The number of aliphatic carboxylic acids is 1. The van der Waals surface area contributed by atoms with Crippen molar-refractivity contribution in [2.24, 2.45) is 5.92 Å². The van der Waals surface area contributed by atoms with E-state index < -0.39 is 12.0 Å². The number of carboxylic acid groups (broad SMARTS) is 1. The molecule has 8 heteroatoms. The summed E-state index contributed by atoms with van der Waals surface area (Å²) >= 11 is 5.93. The minimum atomic E-state index is -0.964. The summed E-state index contributed by atoms with van der Waals surface area (Å²) in [4.78, 5) is 23.5. The predicted octanol–water partition coefficient (Wildman–Crippen LogP) is 3.49. The van der Waals surface area contributed by atoms with E-state index in [1.807, 2.05) is 45.0 Å². The van der Waals surface area contributed by atoms with Gasteiger partial charge in [0, 0.05) is 5.69 Å². The summed E-state index contributed by atoms with van der Waals surface area (Å²) < 4.78 is 0. The number of aryl methyl sites for hydroxylation is 1. The Labute approximate surface area is 145 Å². The quantitative estimate of drug-likeness (QED) is 0.703. The molecule has 2 rings (SSSR count). The van der Waals surface area contributed by atoms with Crippen molar-refractivity contribution in [1.29, 1.82) is 0 Å². The van der Waals surface area contributed by atoms with Crippen LogP contribution in [-0.2, 0) is 4.79 Å². The van der Waals surface area contributed by atoms with Gasteiger partial charge in [-0.15, -0.1) is 0 Å². The van der Waals surface area contributed by atoms with Gasteiger partial charge in [0.15, 0.2) is 0 Å². The van der Waals surface area contributed by atoms with Crippen molar-refractivity contribution in [3.8, 4) is 0 Å². The summed E-state index contributed by atoms with van der Waals surface area (Å²) in [6.45, 7) is 5.87. The molecule has 7 nitrogen and oxygen atoms in total. The van der Waals surface area contributed by atoms with Crippen LogP contribution in [0.25, 0.3) is 0 Å². The molecular formula is C16H20ClN5O2. The van der Waals surface area contributed by atoms with Gasteiger partial charge < -0.3 is 15.7 Å². The number of nitrogens with one attached hydrogen (secondary N) is 2. The van der Waals surface area contributed by atoms with Crippen LogP contribution in [0.3, 0.4) is 0 Å². The van der Waals surface area contributed by atoms with E-state index in [0.717, 1.165) is 11.3 Å². The third-order valence-electron chi connectivity index (χ3n) is 3.19. The van der Waals surface area contributed by atoms with Gasteiger partial charge in [-0.25, -0.2) is 4.79 Å². The normalized spacial score (nSPS) is 12.0. The fourth-order valence-corrected chi connectivity index (χ4v) is 2.33. The molecule has 1 unspecified atom stereocenters. The number of anilines is 3. The Morgan fingerprint density at radius 3 is 2.58 bits per heavy atom. The van der Waals surface area contributed by atoms with Crippen LogP contribution in [0.5, 0.6) is 0 Å². The fourth-order valence-electron chi connectivity index (χ4n) is 2.17. The third kappa shape index (κ3) is 5.34. The molecule has 0 aliphatic heterocycles. The minimum Gasteiger partial charge on any atom is -0.480 e. The molecule has 1 aromatic carbocycles. The van der Waals surface area contributed by atoms with Gasteiger partial charge in [-0.3, -0.25) is 0 Å². The van der Waals surface area contributed by atoms with Crippen LogP contribution in [0.4, 0.5) is 17.6 Å². The summed E-state index contributed by atoms with van der Waals surface area (Å²) in [5.74, 6) is -0.385. The van der Waals surface area contributed by atoms with Crippen molar-refractivity contribution >= 4 is 35.2 Å². The van der Waals surface area contributed by atoms with Gasteiger partial charge in [0.05, 0.1) is 0 Å². The van der Waals surface area contributed by atoms with Gasteiger partial charge in [-0.1, -0.05) is 26.0 Å². The highest BCUT2D eigenvalue weighted by Gasteiger charge is 2.20. The molecule has 1 aromatic heterocycles. The lowest BCUT2D eigenvalue weighted by atomic mass is 10.0. The van der Waals surface area contributed by atoms with Crippen LogP contribution in [0.1, 0.15) is 25.8 Å². The minimum absolute atomic E-state index is 0.0173. The van der Waals surface area contributed by atoms with Crippen molar-refractivity contribution in [2.45, 2.75) is 33.2 Å². The Balaban J connectivity index is 2.19. The molecular weight excluding hydrogens is 330 g/mol. The number of nitrogens with zero attached hydrogens (tertiary/aromatic N) is 3. The van der Waals surface area contributed by atoms with Gasteiger partial charge in [0.25, 0.3) is 0 Å². The summed E-state index contributed by atoms with van der Waals surface area (Å²) in [5, 5.41) is 15.1. The average molecular weight is 350 g/mol. The van der Waals surface area contributed by atoms with E-state index in [1.54, 1.807) is 0 Å². The first-order valence-electron chi connectivity index (χ1n) is 7.58. The summed E-state index contributed by atoms with van der Waals surface area (Å²) in [6, 6.07) is 6.89. The second-order valence-corrected chi connectivity index (χ2v) is 6.25. The van der Waals surface area contributed by atoms with Crippen LogP contribution in [-0.4, -0.2) is 32.1 Å². The van der Waals surface area contributed by atoms with Gasteiger partial charge in [0.1, 0.15) is 6.04 Å². The molecule has 24 heavy (non-hydrogen) atoms. The first-order valence-corrected chi connectivity index (χ1v) is 7.96. The molecule has 0 fully saturated rings. The molecule has 3 N–H and O–H groups in total. The van der Waals surface area contributed by atoms with Crippen LogP contribution in [0.2, 0.25) is 5.28 Å². The molecule has 1 atom stereocenters. The Bertz CT molecular complexity index is 723. The number of hydrogen-bond acceptors (Lipinski definition) is 6. The van der Waals surface area contributed by atoms with Gasteiger partial charge in [-0.2, -0.15) is 15.0 Å². The number of benzene rings is 1. The molecule has 1 heterocycles. The molecule has 0 amide bonds. The highest BCUT2D eigenvalue weighted by Crippen LogP contribution is 2.18. The van der Waals surface area contributed by atoms with Gasteiger partial charge in [-0.05, 0) is 48.6 Å². The van der Waals surface area contributed by atoms with E-state index in [9.17, 15) is 9.90 Å². The zero-order valence-corrected chi connectivity index (χ0v) is 14.5. The second kappa shape index (κ2) is 7.92. The predicted molar refractivity (Wildman–Crippen MR) is 93.8 cm³/mol. The van der Waals surface area contributed by atoms with E-state index in [-0.39, 0.29) is 23.1 Å². The maximum absolute atomic E-state index is 11.4. The summed E-state index contributed by atoms with van der Waals surface area (Å²) in [7, 11) is 0. The first kappa shape index (κ1) is 17.9. The average Bonchev–Trinajstić information content (AvgIpc) is 2.45. The topological polar surface area (TPSA) is 100 Å². The Morgan fingerprint density at radius 2 is 1.96 bits per heavy atom. The molecule has 0 aliphatic carbocycles. The molecule has 0 bridgehead atoms. The van der Waals surface area contributed by atoms with Crippen molar-refractivity contribution in [3.63, 3.8) is 0 Å². The van der Waals surface area contributed by atoms with Crippen molar-refractivity contribution in [3.05, 3.63) is 35.1 Å². The molecule has 128 valence electrons. The summed E-state index contributed by atoms with van der Waals surface area (Å²) in [6.07, 6.45) is 0.444. The molecule has 0 radical (unpaired) electrons. The number of carbonyl (C=O) groups is 1. The van der Waals surface area contributed by atoms with E-state index in [4.69, 9.17) is 11.6 Å². The lowest BCUT2D eigenvalue weighted by Crippen LogP contribution is -2.31. The zero-order valence-electron chi connectivity index (χ0n) is 13.7. The standard InChI is InChI=1S/C16H20ClN5O2/c1-9(2)7-12(13(23)24)19-16-21-14(17)20-15(22-16)18-11-6-4-5-10(3)8-11/h4-6,8-9,12H,7H2,1-3H3,(H,23,24)(H2,18,19,20,21,22). The highest BCUT2D eigenvalue weighted by atomic mass is 35.5. The van der Waals surface area contributed by atoms with Gasteiger partial charge >= 0.3 is 5.97 Å². The number of rotatable bonds is 7. The number of carboxylic acids is 1. The fraction of sp³-hybridized carbons (Fsp3) is 0.375. The van der Waals surface area contributed by atoms with Crippen molar-refractivity contribution in [1.82, 2.24) is 15.0 Å². The van der Waals surface area contributed by atoms with Gasteiger partial charge in [0.2, 0.25) is 17.2 Å². The lowest BCUT2D eigenvalue weighted by Gasteiger charge is -2.16. The molecule has 2 aromatic rings. The van der Waals surface area contributed by atoms with E-state index >= 15 is 0 Å². The smallest absolute Gasteiger partial charge is 0.326 e. The van der Waals surface area contributed by atoms with E-state index in [1.165, 1.54) is 0 Å². The van der Waals surface area contributed by atoms with Crippen LogP contribution in [0, 0.1) is 12.8 Å². The number of aromatic nitrogens is 3. The zero-order chi connectivity index (χ0) is 17.7.